The van der Waals surface area contributed by atoms with Crippen LogP contribution in [0.2, 0.25) is 8.87 Å². The van der Waals surface area contributed by atoms with E-state index in [1.54, 1.807) is 13.8 Å². The molecule has 0 saturated carbocycles. The van der Waals surface area contributed by atoms with Gasteiger partial charge >= 0.3 is 155 Å². The first-order chi connectivity index (χ1) is 17.8. The molecule has 0 aromatic carbocycles. The minimum absolute atomic E-state index is 0.300. The number of carbonyl (C=O) groups is 3. The third kappa shape index (κ3) is 24.4. The molecule has 0 saturated heterocycles. The molecule has 1 N–H and O–H groups in total. The third-order valence-electron chi connectivity index (χ3n) is 7.76. The minimum atomic E-state index is -3.23. The molecule has 220 valence electrons. The van der Waals surface area contributed by atoms with Crippen LogP contribution in [0.25, 0.3) is 0 Å². The van der Waals surface area contributed by atoms with Crippen LogP contribution in [0.4, 0.5) is 0 Å². The van der Waals surface area contributed by atoms with Gasteiger partial charge in [0.05, 0.1) is 0 Å². The third-order valence-corrected chi connectivity index (χ3v) is 22.3. The maximum atomic E-state index is 12.3. The Hall–Kier alpha value is -0.391. The first-order valence-corrected chi connectivity index (χ1v) is 22.9. The van der Waals surface area contributed by atoms with Crippen molar-refractivity contribution < 1.29 is 19.5 Å². The van der Waals surface area contributed by atoms with Crippen LogP contribution in [0.5, 0.6) is 0 Å². The molecule has 0 bridgehead atoms. The van der Waals surface area contributed by atoms with Gasteiger partial charge in [-0.15, -0.1) is 0 Å². The van der Waals surface area contributed by atoms with Gasteiger partial charge in [0.2, 0.25) is 0 Å². The van der Waals surface area contributed by atoms with E-state index in [0.717, 1.165) is 34.6 Å². The zero-order chi connectivity index (χ0) is 28.2. The zero-order valence-corrected chi connectivity index (χ0v) is 28.5. The van der Waals surface area contributed by atoms with Gasteiger partial charge in [-0.1, -0.05) is 58.3 Å². The molecule has 0 rings (SSSR count). The predicted octanol–water partition coefficient (Wildman–Crippen LogP) is 10.4. The number of aliphatic carboxylic acids is 1. The van der Waals surface area contributed by atoms with E-state index in [1.807, 2.05) is 0 Å². The van der Waals surface area contributed by atoms with Crippen molar-refractivity contribution in [1.29, 1.82) is 0 Å². The molecule has 5 heteroatoms. The number of unbranched alkanes of at least 4 members (excludes halogenated alkanes) is 18. The summed E-state index contributed by atoms with van der Waals surface area (Å²) in [5, 5.41) is 8.41. The number of rotatable bonds is 26. The Labute approximate surface area is 235 Å². The molecular formula is C32H64O4Sn. The second-order valence-electron chi connectivity index (χ2n) is 11.2. The van der Waals surface area contributed by atoms with E-state index in [9.17, 15) is 14.4 Å². The van der Waals surface area contributed by atoms with Crippen molar-refractivity contribution in [3.05, 3.63) is 0 Å². The monoisotopic (exact) mass is 632 g/mol. The van der Waals surface area contributed by atoms with E-state index < -0.39 is 24.3 Å². The second-order valence-corrected chi connectivity index (χ2v) is 24.3. The van der Waals surface area contributed by atoms with Crippen LogP contribution in [0, 0.1) is 0 Å². The molecule has 0 aliphatic heterocycles. The Balaban J connectivity index is 0. The van der Waals surface area contributed by atoms with Crippen LogP contribution < -0.4 is 0 Å². The topological polar surface area (TPSA) is 71.4 Å². The van der Waals surface area contributed by atoms with Crippen LogP contribution in [0.1, 0.15) is 176 Å². The van der Waals surface area contributed by atoms with E-state index in [0.29, 0.717) is 14.0 Å². The molecule has 0 aliphatic rings. The summed E-state index contributed by atoms with van der Waals surface area (Å²) in [6.45, 7) is 10.1. The summed E-state index contributed by atoms with van der Waals surface area (Å²) in [5.41, 5.74) is 0. The molecule has 0 aliphatic carbocycles. The van der Waals surface area contributed by atoms with Crippen LogP contribution >= 0.6 is 0 Å². The zero-order valence-electron chi connectivity index (χ0n) is 25.6. The average molecular weight is 632 g/mol. The van der Waals surface area contributed by atoms with Gasteiger partial charge in [-0.2, -0.15) is 0 Å². The molecule has 0 fully saturated rings. The molecule has 0 unspecified atom stereocenters. The molecule has 0 radical (unpaired) electrons. The molecule has 0 aromatic heterocycles. The fraction of sp³-hybridized carbons (Fsp3) is 0.906. The predicted molar refractivity (Wildman–Crippen MR) is 163 cm³/mol. The Morgan fingerprint density at radius 2 is 0.730 bits per heavy atom. The maximum absolute atomic E-state index is 12.3. The van der Waals surface area contributed by atoms with Crippen LogP contribution in [-0.4, -0.2) is 37.1 Å². The van der Waals surface area contributed by atoms with E-state index in [-0.39, 0.29) is 0 Å². The van der Waals surface area contributed by atoms with Crippen molar-refractivity contribution in [1.82, 2.24) is 0 Å². The van der Waals surface area contributed by atoms with E-state index >= 15 is 0 Å². The van der Waals surface area contributed by atoms with Gasteiger partial charge in [-0.05, 0) is 6.42 Å². The Bertz CT molecular complexity index is 515. The van der Waals surface area contributed by atoms with E-state index in [1.165, 1.54) is 109 Å². The van der Waals surface area contributed by atoms with Crippen molar-refractivity contribution >= 4 is 31.9 Å². The number of carbonyl (C=O) groups excluding carboxylic acids is 2. The summed E-state index contributed by atoms with van der Waals surface area (Å²) < 4.78 is 2.55. The Morgan fingerprint density at radius 3 is 1.00 bits per heavy atom. The van der Waals surface area contributed by atoms with Crippen LogP contribution in [0.3, 0.4) is 0 Å². The normalized spacial score (nSPS) is 11.2. The number of hydrogen-bond donors (Lipinski definition) is 1. The quantitative estimate of drug-likeness (QED) is 0.0762. The molecule has 0 spiro atoms. The van der Waals surface area contributed by atoms with Gasteiger partial charge < -0.3 is 5.11 Å². The van der Waals surface area contributed by atoms with Crippen molar-refractivity contribution in [2.45, 2.75) is 185 Å². The molecule has 37 heavy (non-hydrogen) atoms. The fourth-order valence-corrected chi connectivity index (χ4v) is 16.1. The second kappa shape index (κ2) is 28.6. The first-order valence-electron chi connectivity index (χ1n) is 16.0. The van der Waals surface area contributed by atoms with Crippen molar-refractivity contribution in [2.75, 3.05) is 0 Å². The number of carboxylic acids is 1. The van der Waals surface area contributed by atoms with Crippen molar-refractivity contribution in [3.8, 4) is 0 Å². The summed E-state index contributed by atoms with van der Waals surface area (Å²) in [4.78, 5) is 34.8. The Morgan fingerprint density at radius 1 is 0.459 bits per heavy atom. The molecule has 0 heterocycles. The molecule has 4 nitrogen and oxygen atoms in total. The first kappa shape index (κ1) is 38.8. The summed E-state index contributed by atoms with van der Waals surface area (Å²) in [6.07, 6.45) is 26.4. The summed E-state index contributed by atoms with van der Waals surface area (Å²) in [5.74, 6) is -0.659. The van der Waals surface area contributed by atoms with Gasteiger partial charge in [0.1, 0.15) is 0 Å². The Kier molecular flexibility index (Phi) is 30.0. The van der Waals surface area contributed by atoms with E-state index in [2.05, 4.69) is 20.8 Å². The summed E-state index contributed by atoms with van der Waals surface area (Å²) in [6, 6.07) is 0. The fourth-order valence-electron chi connectivity index (χ4n) is 5.08. The standard InChI is InChI=1S/C12H24O2.2C8H17.2C2H3O.Sn/c1-2-3-4-5-6-7-8-9-10-11-12(13)14;2*1-3-5-7-8-6-4-2;2*1-2-3;/h2-11H2,1H3,(H,13,14);2*1,3-8H2,2H3;2*1H3;. The van der Waals surface area contributed by atoms with E-state index in [4.69, 9.17) is 5.11 Å². The average Bonchev–Trinajstić information content (AvgIpc) is 2.85. The van der Waals surface area contributed by atoms with Gasteiger partial charge in [0.15, 0.2) is 0 Å². The molecule has 0 aromatic rings. The van der Waals surface area contributed by atoms with Crippen molar-refractivity contribution in [2.24, 2.45) is 0 Å². The summed E-state index contributed by atoms with van der Waals surface area (Å²) in [7, 11) is 0. The van der Waals surface area contributed by atoms with Gasteiger partial charge in [0, 0.05) is 6.42 Å². The van der Waals surface area contributed by atoms with Crippen LogP contribution in [0.15, 0.2) is 0 Å². The number of carboxylic acid groups (broad SMARTS) is 1. The molecular weight excluding hydrogens is 567 g/mol. The van der Waals surface area contributed by atoms with Crippen molar-refractivity contribution in [3.63, 3.8) is 0 Å². The number of hydrogen-bond acceptors (Lipinski definition) is 3. The SMILES string of the molecule is CCCCCCCCCCCC(=O)O.CCCCCCC[CH2][Sn]([CH2]CCCCCCC)([C](C)=O)[C](C)=O. The summed E-state index contributed by atoms with van der Waals surface area (Å²) >= 11 is -3.23. The molecule has 0 amide bonds. The van der Waals surface area contributed by atoms with Gasteiger partial charge in [-0.3, -0.25) is 4.79 Å². The molecule has 0 atom stereocenters. The van der Waals surface area contributed by atoms with Crippen LogP contribution in [-0.2, 0) is 14.4 Å². The van der Waals surface area contributed by atoms with Gasteiger partial charge in [0.25, 0.3) is 0 Å². The van der Waals surface area contributed by atoms with Gasteiger partial charge in [-0.25, -0.2) is 0 Å².